The molecule has 2 N–H and O–H groups in total. The van der Waals surface area contributed by atoms with Crippen LogP contribution in [0.5, 0.6) is 0 Å². The lowest BCUT2D eigenvalue weighted by Gasteiger charge is -2.01. The van der Waals surface area contributed by atoms with Gasteiger partial charge in [0.2, 0.25) is 0 Å². The third-order valence-electron chi connectivity index (χ3n) is 2.50. The molecule has 0 aromatic heterocycles. The van der Waals surface area contributed by atoms with E-state index < -0.39 is 15.8 Å². The normalized spacial score (nSPS) is 15.2. The summed E-state index contributed by atoms with van der Waals surface area (Å²) in [5, 5.41) is 0. The molecule has 0 rings (SSSR count). The predicted octanol–water partition coefficient (Wildman–Crippen LogP) is 5.64. The predicted molar refractivity (Wildman–Crippen MR) is 105 cm³/mol. The standard InChI is InChI=1S/2C6H14FO3P.C2H8NP/c2*1-2-3-4-5-6-10-11(7,8)9;1-3(2)4/h2*2-6H2,1H3,(H,8,9);4H2,1-2H3. The second kappa shape index (κ2) is 20.3. The summed E-state index contributed by atoms with van der Waals surface area (Å²) in [6, 6.07) is 0. The number of hydrogen-bond donors (Lipinski definition) is 2. The number of unbranched alkanes of at least 4 members (excludes halogenated alkanes) is 6. The molecule has 0 aliphatic rings. The molecule has 0 aliphatic carbocycles. The third kappa shape index (κ3) is 49.7. The Bertz CT molecular complexity index is 345. The van der Waals surface area contributed by atoms with E-state index in [-0.39, 0.29) is 13.2 Å². The van der Waals surface area contributed by atoms with E-state index in [0.717, 1.165) is 38.5 Å². The summed E-state index contributed by atoms with van der Waals surface area (Å²) in [7, 11) is -3.01. The van der Waals surface area contributed by atoms with E-state index in [1.54, 1.807) is 0 Å². The first-order valence-corrected chi connectivity index (χ1v) is 12.1. The van der Waals surface area contributed by atoms with Crippen LogP contribution < -0.4 is 0 Å². The molecule has 162 valence electrons. The zero-order valence-electron chi connectivity index (χ0n) is 16.3. The molecule has 3 atom stereocenters. The summed E-state index contributed by atoms with van der Waals surface area (Å²) in [6.45, 7) is 4.16. The van der Waals surface area contributed by atoms with E-state index in [2.05, 4.69) is 18.4 Å². The molecule has 26 heavy (non-hydrogen) atoms. The van der Waals surface area contributed by atoms with Crippen molar-refractivity contribution in [3.05, 3.63) is 0 Å². The lowest BCUT2D eigenvalue weighted by atomic mass is 10.2. The first-order valence-electron chi connectivity index (χ1n) is 8.61. The van der Waals surface area contributed by atoms with Crippen molar-refractivity contribution >= 4 is 25.2 Å². The molecule has 3 unspecified atom stereocenters. The molecular formula is C14H36F2NO6P3. The Hall–Kier alpha value is 0.550. The van der Waals surface area contributed by atoms with Gasteiger partial charge in [-0.15, -0.1) is 8.39 Å². The van der Waals surface area contributed by atoms with Gasteiger partial charge in [-0.2, -0.15) is 0 Å². The molecule has 0 heterocycles. The highest BCUT2D eigenvalue weighted by Crippen LogP contribution is 2.43. The zero-order chi connectivity index (χ0) is 21.1. The molecule has 0 saturated carbocycles. The largest absolute Gasteiger partial charge is 0.510 e. The molecule has 0 fully saturated rings. The van der Waals surface area contributed by atoms with Crippen LogP contribution in [-0.4, -0.2) is 41.8 Å². The van der Waals surface area contributed by atoms with Gasteiger partial charge in [-0.05, 0) is 26.9 Å². The lowest BCUT2D eigenvalue weighted by molar-refractivity contribution is 0.220. The van der Waals surface area contributed by atoms with Crippen molar-refractivity contribution in [3.63, 3.8) is 0 Å². The Labute approximate surface area is 159 Å². The van der Waals surface area contributed by atoms with Crippen LogP contribution in [0.15, 0.2) is 0 Å². The highest BCUT2D eigenvalue weighted by Gasteiger charge is 2.16. The topological polar surface area (TPSA) is 96.3 Å². The average molecular weight is 445 g/mol. The van der Waals surface area contributed by atoms with Gasteiger partial charge in [0.1, 0.15) is 0 Å². The van der Waals surface area contributed by atoms with Gasteiger partial charge in [0, 0.05) is 0 Å². The summed E-state index contributed by atoms with van der Waals surface area (Å²) in [4.78, 5) is 16.1. The Morgan fingerprint density at radius 3 is 1.27 bits per heavy atom. The first kappa shape index (κ1) is 31.3. The van der Waals surface area contributed by atoms with Crippen LogP contribution >= 0.6 is 25.2 Å². The van der Waals surface area contributed by atoms with Crippen molar-refractivity contribution < 1.29 is 36.4 Å². The monoisotopic (exact) mass is 445 g/mol. The molecule has 0 aliphatic heterocycles. The van der Waals surface area contributed by atoms with E-state index >= 15 is 0 Å². The van der Waals surface area contributed by atoms with Crippen LogP contribution in [-0.2, 0) is 18.2 Å². The smallest absolute Gasteiger partial charge is 0.299 e. The van der Waals surface area contributed by atoms with Crippen molar-refractivity contribution in [1.29, 1.82) is 0 Å². The quantitative estimate of drug-likeness (QED) is 0.296. The number of halogens is 2. The van der Waals surface area contributed by atoms with Crippen molar-refractivity contribution in [2.45, 2.75) is 65.2 Å². The Kier molecular flexibility index (Phi) is 24.4. The van der Waals surface area contributed by atoms with E-state index in [0.29, 0.717) is 12.8 Å². The molecule has 0 saturated heterocycles. The van der Waals surface area contributed by atoms with E-state index in [9.17, 15) is 17.5 Å². The minimum absolute atomic E-state index is 0.0320. The minimum Gasteiger partial charge on any atom is -0.299 e. The maximum atomic E-state index is 11.8. The summed E-state index contributed by atoms with van der Waals surface area (Å²) in [5.74, 6) is 0. The molecule has 0 amide bonds. The molecule has 0 aromatic carbocycles. The second-order valence-corrected chi connectivity index (χ2v) is 9.01. The number of hydrogen-bond acceptors (Lipinski definition) is 5. The fraction of sp³-hybridized carbons (Fsp3) is 1.00. The van der Waals surface area contributed by atoms with Crippen LogP contribution in [0, 0.1) is 0 Å². The van der Waals surface area contributed by atoms with Gasteiger partial charge >= 0.3 is 15.8 Å². The maximum Gasteiger partial charge on any atom is 0.510 e. The Morgan fingerprint density at radius 1 is 0.808 bits per heavy atom. The maximum absolute atomic E-state index is 11.8. The first-order chi connectivity index (χ1) is 11.9. The van der Waals surface area contributed by atoms with Crippen molar-refractivity contribution in [1.82, 2.24) is 4.67 Å². The van der Waals surface area contributed by atoms with Crippen molar-refractivity contribution in [2.24, 2.45) is 0 Å². The molecule has 0 bridgehead atoms. The van der Waals surface area contributed by atoms with E-state index in [1.165, 1.54) is 0 Å². The summed E-state index contributed by atoms with van der Waals surface area (Å²) in [5.41, 5.74) is 0. The number of rotatable bonds is 12. The second-order valence-electron chi connectivity index (χ2n) is 5.65. The molecule has 7 nitrogen and oxygen atoms in total. The van der Waals surface area contributed by atoms with Gasteiger partial charge in [-0.3, -0.25) is 23.5 Å². The van der Waals surface area contributed by atoms with Crippen molar-refractivity contribution in [3.8, 4) is 0 Å². The highest BCUT2D eigenvalue weighted by atomic mass is 31.2. The molecule has 0 radical (unpaired) electrons. The van der Waals surface area contributed by atoms with Crippen LogP contribution in [0.1, 0.15) is 65.2 Å². The van der Waals surface area contributed by atoms with Gasteiger partial charge in [0.05, 0.1) is 13.2 Å². The van der Waals surface area contributed by atoms with Gasteiger partial charge in [0.25, 0.3) is 0 Å². The SMILES string of the molecule is CCCCCCOP(=O)(O)F.CCCCCCOP(=O)(O)F.CN(C)P. The van der Waals surface area contributed by atoms with E-state index in [1.807, 2.05) is 32.6 Å². The fourth-order valence-corrected chi connectivity index (χ4v) is 2.12. The Balaban J connectivity index is -0.000000338. The van der Waals surface area contributed by atoms with Crippen LogP contribution in [0.4, 0.5) is 8.39 Å². The zero-order valence-corrected chi connectivity index (χ0v) is 19.2. The highest BCUT2D eigenvalue weighted by molar-refractivity contribution is 7.47. The van der Waals surface area contributed by atoms with Crippen LogP contribution in [0.2, 0.25) is 0 Å². The summed E-state index contributed by atoms with van der Waals surface area (Å²) in [6.07, 6.45) is 7.35. The van der Waals surface area contributed by atoms with Crippen molar-refractivity contribution in [2.75, 3.05) is 27.3 Å². The molecule has 0 spiro atoms. The number of nitrogens with zero attached hydrogens (tertiary/aromatic N) is 1. The molecular weight excluding hydrogens is 409 g/mol. The van der Waals surface area contributed by atoms with Gasteiger partial charge in [-0.25, -0.2) is 9.13 Å². The summed E-state index contributed by atoms with van der Waals surface area (Å²) < 4.78 is 53.4. The lowest BCUT2D eigenvalue weighted by Crippen LogP contribution is -1.89. The van der Waals surface area contributed by atoms with Gasteiger partial charge in [0.15, 0.2) is 0 Å². The fourth-order valence-electron chi connectivity index (χ4n) is 1.41. The van der Waals surface area contributed by atoms with Crippen LogP contribution in [0.3, 0.4) is 0 Å². The van der Waals surface area contributed by atoms with E-state index in [4.69, 9.17) is 9.79 Å². The minimum atomic E-state index is -4.71. The molecule has 12 heteroatoms. The third-order valence-corrected chi connectivity index (χ3v) is 3.50. The van der Waals surface area contributed by atoms with Crippen LogP contribution in [0.25, 0.3) is 0 Å². The van der Waals surface area contributed by atoms with Gasteiger partial charge in [-0.1, -0.05) is 61.8 Å². The summed E-state index contributed by atoms with van der Waals surface area (Å²) >= 11 is 0. The molecule has 0 aromatic rings. The average Bonchev–Trinajstić information content (AvgIpc) is 2.45. The van der Waals surface area contributed by atoms with Gasteiger partial charge < -0.3 is 0 Å². The Morgan fingerprint density at radius 2 is 1.08 bits per heavy atom.